The Balaban J connectivity index is 2.66. The zero-order valence-corrected chi connectivity index (χ0v) is 8.90. The number of hydrogen-bond donors (Lipinski definition) is 1. The quantitative estimate of drug-likeness (QED) is 0.605. The summed E-state index contributed by atoms with van der Waals surface area (Å²) in [6, 6.07) is 3.91. The van der Waals surface area contributed by atoms with Gasteiger partial charge in [-0.2, -0.15) is 0 Å². The van der Waals surface area contributed by atoms with E-state index in [-0.39, 0.29) is 17.9 Å². The van der Waals surface area contributed by atoms with Gasteiger partial charge in [0.25, 0.3) is 5.91 Å². The highest BCUT2D eigenvalue weighted by atomic mass is 19.1. The molecule has 0 saturated heterocycles. The van der Waals surface area contributed by atoms with E-state index in [0.717, 1.165) is 6.07 Å². The summed E-state index contributed by atoms with van der Waals surface area (Å²) in [7, 11) is 0. The fourth-order valence-corrected chi connectivity index (χ4v) is 1.11. The van der Waals surface area contributed by atoms with E-state index >= 15 is 0 Å². The van der Waals surface area contributed by atoms with Crippen LogP contribution in [0.15, 0.2) is 18.2 Å². The molecule has 4 nitrogen and oxygen atoms in total. The number of carbonyl (C=O) groups is 2. The van der Waals surface area contributed by atoms with Crippen LogP contribution in [0, 0.1) is 18.2 Å². The minimum absolute atomic E-state index is 0.0507. The van der Waals surface area contributed by atoms with E-state index in [1.807, 2.05) is 0 Å². The second-order valence-electron chi connectivity index (χ2n) is 3.05. The monoisotopic (exact) mass is 235 g/mol. The molecule has 0 unspecified atom stereocenters. The molecule has 17 heavy (non-hydrogen) atoms. The molecule has 0 saturated carbocycles. The fourth-order valence-electron chi connectivity index (χ4n) is 1.11. The second kappa shape index (κ2) is 6.28. The average Bonchev–Trinajstić information content (AvgIpc) is 2.34. The van der Waals surface area contributed by atoms with Gasteiger partial charge < -0.3 is 10.1 Å². The van der Waals surface area contributed by atoms with E-state index in [4.69, 9.17) is 11.2 Å². The lowest BCUT2D eigenvalue weighted by molar-refractivity contribution is -0.122. The highest BCUT2D eigenvalue weighted by Crippen LogP contribution is 2.20. The smallest absolute Gasteiger partial charge is 0.258 e. The number of para-hydroxylation sites is 1. The molecule has 1 amide bonds. The van der Waals surface area contributed by atoms with Crippen LogP contribution in [0.4, 0.5) is 4.39 Å². The largest absolute Gasteiger partial charge is 0.480 e. The number of carbonyl (C=O) groups excluding carboxylic acids is 2. The van der Waals surface area contributed by atoms with Crippen molar-refractivity contribution in [3.63, 3.8) is 0 Å². The SMILES string of the molecule is C#CCNC(=O)COc1c(F)cccc1C=O. The van der Waals surface area contributed by atoms with E-state index in [1.165, 1.54) is 12.1 Å². The van der Waals surface area contributed by atoms with Crippen LogP contribution in [-0.4, -0.2) is 25.3 Å². The number of nitrogens with one attached hydrogen (secondary N) is 1. The summed E-state index contributed by atoms with van der Waals surface area (Å²) in [5.41, 5.74) is 0.0507. The molecule has 88 valence electrons. The minimum atomic E-state index is -0.695. The molecule has 1 aromatic carbocycles. The molecule has 0 spiro atoms. The van der Waals surface area contributed by atoms with Crippen molar-refractivity contribution >= 4 is 12.2 Å². The first-order valence-electron chi connectivity index (χ1n) is 4.75. The number of amides is 1. The molecule has 1 rings (SSSR count). The Bertz CT molecular complexity index is 465. The molecule has 0 radical (unpaired) electrons. The molecular weight excluding hydrogens is 225 g/mol. The van der Waals surface area contributed by atoms with Gasteiger partial charge in [-0.25, -0.2) is 4.39 Å². The number of aldehydes is 1. The summed E-state index contributed by atoms with van der Waals surface area (Å²) in [6.45, 7) is -0.330. The summed E-state index contributed by atoms with van der Waals surface area (Å²) in [6.07, 6.45) is 5.40. The Labute approximate surface area is 97.8 Å². The normalized spacial score (nSPS) is 9.18. The predicted octanol–water partition coefficient (Wildman–Crippen LogP) is 0.766. The molecule has 0 aliphatic carbocycles. The number of rotatable bonds is 5. The summed E-state index contributed by atoms with van der Waals surface area (Å²) in [5, 5.41) is 2.35. The van der Waals surface area contributed by atoms with Crippen LogP contribution in [-0.2, 0) is 4.79 Å². The fraction of sp³-hybridized carbons (Fsp3) is 0.167. The summed E-state index contributed by atoms with van der Waals surface area (Å²) in [4.78, 5) is 21.8. The number of ether oxygens (including phenoxy) is 1. The zero-order valence-electron chi connectivity index (χ0n) is 8.90. The molecular formula is C12H10FNO3. The van der Waals surface area contributed by atoms with Crippen LogP contribution < -0.4 is 10.1 Å². The molecule has 1 N–H and O–H groups in total. The molecule has 0 aliphatic heterocycles. The van der Waals surface area contributed by atoms with E-state index in [0.29, 0.717) is 6.29 Å². The molecule has 0 atom stereocenters. The highest BCUT2D eigenvalue weighted by molar-refractivity contribution is 5.81. The van der Waals surface area contributed by atoms with Crippen LogP contribution in [0.3, 0.4) is 0 Å². The maximum atomic E-state index is 13.3. The second-order valence-corrected chi connectivity index (χ2v) is 3.05. The van der Waals surface area contributed by atoms with Crippen LogP contribution in [0.5, 0.6) is 5.75 Å². The van der Waals surface area contributed by atoms with Crippen molar-refractivity contribution in [3.05, 3.63) is 29.6 Å². The zero-order chi connectivity index (χ0) is 12.7. The third-order valence-electron chi connectivity index (χ3n) is 1.86. The van der Waals surface area contributed by atoms with Gasteiger partial charge in [0, 0.05) is 0 Å². The topological polar surface area (TPSA) is 55.4 Å². The predicted molar refractivity (Wildman–Crippen MR) is 59.1 cm³/mol. The first-order valence-corrected chi connectivity index (χ1v) is 4.75. The Kier molecular flexibility index (Phi) is 4.70. The van der Waals surface area contributed by atoms with E-state index < -0.39 is 18.3 Å². The molecule has 1 aromatic rings. The Hall–Kier alpha value is -2.35. The lowest BCUT2D eigenvalue weighted by Gasteiger charge is -2.08. The van der Waals surface area contributed by atoms with Gasteiger partial charge in [-0.05, 0) is 12.1 Å². The van der Waals surface area contributed by atoms with Crippen LogP contribution in [0.2, 0.25) is 0 Å². The van der Waals surface area contributed by atoms with E-state index in [1.54, 1.807) is 0 Å². The van der Waals surface area contributed by atoms with Gasteiger partial charge in [-0.15, -0.1) is 6.42 Å². The molecule has 0 fully saturated rings. The van der Waals surface area contributed by atoms with E-state index in [2.05, 4.69) is 11.2 Å². The molecule has 5 heteroatoms. The van der Waals surface area contributed by atoms with Crippen LogP contribution in [0.25, 0.3) is 0 Å². The van der Waals surface area contributed by atoms with Crippen molar-refractivity contribution in [2.75, 3.05) is 13.2 Å². The Morgan fingerprint density at radius 2 is 2.35 bits per heavy atom. The van der Waals surface area contributed by atoms with Crippen molar-refractivity contribution in [1.82, 2.24) is 5.32 Å². The van der Waals surface area contributed by atoms with Gasteiger partial charge in [0.2, 0.25) is 0 Å². The first kappa shape index (κ1) is 12.7. The maximum absolute atomic E-state index is 13.3. The van der Waals surface area contributed by atoms with Crippen LogP contribution in [0.1, 0.15) is 10.4 Å². The minimum Gasteiger partial charge on any atom is -0.480 e. The lowest BCUT2D eigenvalue weighted by Crippen LogP contribution is -2.29. The van der Waals surface area contributed by atoms with Crippen molar-refractivity contribution < 1.29 is 18.7 Å². The molecule has 0 aromatic heterocycles. The number of terminal acetylenes is 1. The van der Waals surface area contributed by atoms with Crippen molar-refractivity contribution in [2.45, 2.75) is 0 Å². The maximum Gasteiger partial charge on any atom is 0.258 e. The lowest BCUT2D eigenvalue weighted by atomic mass is 10.2. The Morgan fingerprint density at radius 3 is 3.00 bits per heavy atom. The van der Waals surface area contributed by atoms with Gasteiger partial charge in [0.05, 0.1) is 12.1 Å². The number of benzene rings is 1. The summed E-state index contributed by atoms with van der Waals surface area (Å²) < 4.78 is 18.2. The van der Waals surface area contributed by atoms with Gasteiger partial charge in [0.15, 0.2) is 24.5 Å². The standard InChI is InChI=1S/C12H10FNO3/c1-2-6-14-11(16)8-17-12-9(7-15)4-3-5-10(12)13/h1,3-5,7H,6,8H2,(H,14,16). The van der Waals surface area contributed by atoms with Crippen molar-refractivity contribution in [1.29, 1.82) is 0 Å². The van der Waals surface area contributed by atoms with E-state index in [9.17, 15) is 14.0 Å². The number of hydrogen-bond acceptors (Lipinski definition) is 3. The van der Waals surface area contributed by atoms with Gasteiger partial charge in [0.1, 0.15) is 0 Å². The first-order chi connectivity index (χ1) is 8.19. The molecule has 0 bridgehead atoms. The summed E-state index contributed by atoms with van der Waals surface area (Å²) >= 11 is 0. The van der Waals surface area contributed by atoms with Gasteiger partial charge in [-0.3, -0.25) is 9.59 Å². The summed E-state index contributed by atoms with van der Waals surface area (Å²) in [5.74, 6) is 0.797. The highest BCUT2D eigenvalue weighted by Gasteiger charge is 2.10. The van der Waals surface area contributed by atoms with Crippen LogP contribution >= 0.6 is 0 Å². The average molecular weight is 235 g/mol. The van der Waals surface area contributed by atoms with Gasteiger partial charge in [-0.1, -0.05) is 12.0 Å². The number of halogens is 1. The van der Waals surface area contributed by atoms with Crippen molar-refractivity contribution in [2.24, 2.45) is 0 Å². The third kappa shape index (κ3) is 3.61. The molecule has 0 heterocycles. The van der Waals surface area contributed by atoms with Crippen molar-refractivity contribution in [3.8, 4) is 18.1 Å². The third-order valence-corrected chi connectivity index (χ3v) is 1.86. The van der Waals surface area contributed by atoms with Gasteiger partial charge >= 0.3 is 0 Å². The Morgan fingerprint density at radius 1 is 1.59 bits per heavy atom. The molecule has 0 aliphatic rings.